The Bertz CT molecular complexity index is 1030. The number of rotatable bonds is 7. The number of carbonyl (C=O) groups is 1. The molecular weight excluding hydrogens is 398 g/mol. The maximum absolute atomic E-state index is 13.6. The van der Waals surface area contributed by atoms with Crippen molar-refractivity contribution in [1.29, 1.82) is 0 Å². The largest absolute Gasteiger partial charge is 0.454 e. The average Bonchev–Trinajstić information content (AvgIpc) is 3.36. The second-order valence-corrected chi connectivity index (χ2v) is 8.66. The molecule has 1 amide bonds. The summed E-state index contributed by atoms with van der Waals surface area (Å²) in [5.41, 5.74) is 3.62. The molecule has 1 aromatic heterocycles. The average molecular weight is 427 g/mol. The van der Waals surface area contributed by atoms with Crippen LogP contribution in [0.2, 0.25) is 0 Å². The van der Waals surface area contributed by atoms with Crippen LogP contribution in [-0.4, -0.2) is 43.9 Å². The molecule has 30 heavy (non-hydrogen) atoms. The first kappa shape index (κ1) is 20.6. The normalized spacial score (nSPS) is 12.7. The minimum atomic E-state index is 0.00172. The minimum absolute atomic E-state index is 0.00172. The summed E-state index contributed by atoms with van der Waals surface area (Å²) < 4.78 is 12.0. The van der Waals surface area contributed by atoms with Gasteiger partial charge in [0.1, 0.15) is 0 Å². The van der Waals surface area contributed by atoms with Gasteiger partial charge in [-0.1, -0.05) is 29.0 Å². The van der Waals surface area contributed by atoms with E-state index in [1.807, 2.05) is 49.1 Å². The zero-order chi connectivity index (χ0) is 21.3. The first-order chi connectivity index (χ1) is 14.5. The van der Waals surface area contributed by atoms with Gasteiger partial charge >= 0.3 is 0 Å². The predicted molar refractivity (Wildman–Crippen MR) is 120 cm³/mol. The van der Waals surface area contributed by atoms with Crippen molar-refractivity contribution in [3.05, 3.63) is 47.0 Å². The number of hydrogen-bond donors (Lipinski definition) is 1. The van der Waals surface area contributed by atoms with Crippen molar-refractivity contribution in [1.82, 2.24) is 4.98 Å². The molecule has 0 unspecified atom stereocenters. The summed E-state index contributed by atoms with van der Waals surface area (Å²) in [6.45, 7) is 12.1. The number of benzene rings is 2. The number of aromatic nitrogens is 1. The number of aryl methyl sites for hydroxylation is 2. The van der Waals surface area contributed by atoms with E-state index in [0.29, 0.717) is 17.4 Å². The van der Waals surface area contributed by atoms with E-state index in [0.717, 1.165) is 52.3 Å². The van der Waals surface area contributed by atoms with E-state index in [9.17, 15) is 4.79 Å². The highest BCUT2D eigenvalue weighted by Gasteiger charge is 2.25. The van der Waals surface area contributed by atoms with Crippen LogP contribution in [0.15, 0.2) is 30.3 Å². The van der Waals surface area contributed by atoms with Gasteiger partial charge in [0.2, 0.25) is 6.79 Å². The number of quaternary nitrogens is 1. The van der Waals surface area contributed by atoms with Gasteiger partial charge in [0, 0.05) is 17.7 Å². The van der Waals surface area contributed by atoms with Crippen molar-refractivity contribution in [3.63, 3.8) is 0 Å². The van der Waals surface area contributed by atoms with E-state index in [2.05, 4.69) is 13.8 Å². The third-order valence-corrected chi connectivity index (χ3v) is 6.70. The third kappa shape index (κ3) is 4.00. The monoisotopic (exact) mass is 426 g/mol. The van der Waals surface area contributed by atoms with Crippen LogP contribution in [0.1, 0.15) is 35.3 Å². The topological polar surface area (TPSA) is 56.1 Å². The van der Waals surface area contributed by atoms with Gasteiger partial charge in [-0.05, 0) is 39.3 Å². The fourth-order valence-electron chi connectivity index (χ4n) is 3.69. The lowest BCUT2D eigenvalue weighted by Gasteiger charge is -2.23. The van der Waals surface area contributed by atoms with Crippen LogP contribution in [0.5, 0.6) is 11.5 Å². The van der Waals surface area contributed by atoms with Gasteiger partial charge in [0.15, 0.2) is 16.6 Å². The Balaban J connectivity index is 1.72. The number of hydrogen-bond acceptors (Lipinski definition) is 5. The fourth-order valence-corrected chi connectivity index (χ4v) is 4.69. The summed E-state index contributed by atoms with van der Waals surface area (Å²) in [6.07, 6.45) is 0. The smallest absolute Gasteiger partial charge is 0.260 e. The van der Waals surface area contributed by atoms with Crippen molar-refractivity contribution >= 4 is 32.6 Å². The zero-order valence-corrected chi connectivity index (χ0v) is 18.8. The van der Waals surface area contributed by atoms with Crippen molar-refractivity contribution in [2.24, 2.45) is 0 Å². The van der Waals surface area contributed by atoms with E-state index in [1.165, 1.54) is 16.2 Å². The Kier molecular flexibility index (Phi) is 5.92. The summed E-state index contributed by atoms with van der Waals surface area (Å²) in [6, 6.07) is 9.87. The van der Waals surface area contributed by atoms with Crippen LogP contribution >= 0.6 is 11.3 Å². The summed E-state index contributed by atoms with van der Waals surface area (Å²) in [4.78, 5) is 21.7. The zero-order valence-electron chi connectivity index (χ0n) is 17.9. The SMILES string of the molecule is CC[NH+](CC)CCN(C(=O)c1cc(C)ccc1C)c1nc2cc3c(cc2s1)OCO3. The number of ether oxygens (including phenoxy) is 2. The lowest BCUT2D eigenvalue weighted by Crippen LogP contribution is -3.12. The van der Waals surface area contributed by atoms with Crippen LogP contribution in [0.4, 0.5) is 5.13 Å². The molecule has 158 valence electrons. The molecule has 2 aromatic carbocycles. The maximum Gasteiger partial charge on any atom is 0.260 e. The molecule has 1 N–H and O–H groups in total. The maximum atomic E-state index is 13.6. The van der Waals surface area contributed by atoms with Crippen LogP contribution in [-0.2, 0) is 0 Å². The molecule has 0 spiro atoms. The quantitative estimate of drug-likeness (QED) is 0.630. The molecule has 0 atom stereocenters. The molecule has 0 fully saturated rings. The lowest BCUT2D eigenvalue weighted by atomic mass is 10.0. The number of anilines is 1. The summed E-state index contributed by atoms with van der Waals surface area (Å²) in [7, 11) is 0. The first-order valence-corrected chi connectivity index (χ1v) is 11.2. The highest BCUT2D eigenvalue weighted by molar-refractivity contribution is 7.22. The number of fused-ring (bicyclic) bond motifs is 2. The summed E-state index contributed by atoms with van der Waals surface area (Å²) >= 11 is 1.52. The van der Waals surface area contributed by atoms with Crippen molar-refractivity contribution in [2.75, 3.05) is 37.9 Å². The van der Waals surface area contributed by atoms with Crippen molar-refractivity contribution in [2.45, 2.75) is 27.7 Å². The van der Waals surface area contributed by atoms with Gasteiger partial charge in [-0.2, -0.15) is 0 Å². The number of nitrogens with one attached hydrogen (secondary N) is 1. The summed E-state index contributed by atoms with van der Waals surface area (Å²) in [5.74, 6) is 1.44. The number of amides is 1. The predicted octanol–water partition coefficient (Wildman–Crippen LogP) is 3.21. The molecule has 4 rings (SSSR count). The highest BCUT2D eigenvalue weighted by Crippen LogP contribution is 2.40. The Morgan fingerprint density at radius 2 is 1.87 bits per heavy atom. The van der Waals surface area contributed by atoms with E-state index < -0.39 is 0 Å². The molecule has 6 nitrogen and oxygen atoms in total. The van der Waals surface area contributed by atoms with Crippen LogP contribution < -0.4 is 19.3 Å². The van der Waals surface area contributed by atoms with Gasteiger partial charge in [0.05, 0.1) is 36.4 Å². The number of carbonyl (C=O) groups excluding carboxylic acids is 1. The van der Waals surface area contributed by atoms with E-state index in [4.69, 9.17) is 14.5 Å². The Morgan fingerprint density at radius 1 is 1.13 bits per heavy atom. The van der Waals surface area contributed by atoms with Crippen molar-refractivity contribution < 1.29 is 19.2 Å². The van der Waals surface area contributed by atoms with Gasteiger partial charge in [0.25, 0.3) is 5.91 Å². The van der Waals surface area contributed by atoms with Crippen LogP contribution in [0.3, 0.4) is 0 Å². The number of nitrogens with zero attached hydrogens (tertiary/aromatic N) is 2. The van der Waals surface area contributed by atoms with Gasteiger partial charge in [-0.15, -0.1) is 0 Å². The van der Waals surface area contributed by atoms with Gasteiger partial charge < -0.3 is 14.4 Å². The third-order valence-electron chi connectivity index (χ3n) is 5.66. The molecule has 7 heteroatoms. The van der Waals surface area contributed by atoms with Crippen LogP contribution in [0, 0.1) is 13.8 Å². The minimum Gasteiger partial charge on any atom is -0.454 e. The molecule has 2 heterocycles. The summed E-state index contributed by atoms with van der Waals surface area (Å²) in [5, 5.41) is 0.714. The molecule has 0 radical (unpaired) electrons. The second kappa shape index (κ2) is 8.62. The van der Waals surface area contributed by atoms with E-state index in [-0.39, 0.29) is 12.7 Å². The fraction of sp³-hybridized carbons (Fsp3) is 0.391. The Hall–Kier alpha value is -2.64. The van der Waals surface area contributed by atoms with E-state index >= 15 is 0 Å². The van der Waals surface area contributed by atoms with Gasteiger partial charge in [-0.3, -0.25) is 9.69 Å². The molecule has 1 aliphatic heterocycles. The number of thiazole rings is 1. The molecule has 3 aromatic rings. The first-order valence-electron chi connectivity index (χ1n) is 10.4. The second-order valence-electron chi connectivity index (χ2n) is 7.65. The molecule has 1 aliphatic rings. The standard InChI is InChI=1S/C23H27N3O3S/c1-5-25(6-2)9-10-26(22(27)17-11-15(3)7-8-16(17)4)23-24-18-12-19-20(29-14-28-19)13-21(18)30-23/h7-8,11-13H,5-6,9-10,14H2,1-4H3/p+1. The molecule has 0 bridgehead atoms. The Labute approximate surface area is 181 Å². The molecule has 0 saturated heterocycles. The Morgan fingerprint density at radius 3 is 2.60 bits per heavy atom. The molecule has 0 saturated carbocycles. The molecular formula is C23H28N3O3S+. The lowest BCUT2D eigenvalue weighted by molar-refractivity contribution is -0.894. The van der Waals surface area contributed by atoms with E-state index in [1.54, 1.807) is 0 Å². The highest BCUT2D eigenvalue weighted by atomic mass is 32.1. The molecule has 0 aliphatic carbocycles. The number of likely N-dealkylation sites (N-methyl/N-ethyl adjacent to an activating group) is 1. The van der Waals surface area contributed by atoms with Gasteiger partial charge in [-0.25, -0.2) is 4.98 Å². The van der Waals surface area contributed by atoms with Crippen molar-refractivity contribution in [3.8, 4) is 11.5 Å². The van der Waals surface area contributed by atoms with Crippen LogP contribution in [0.25, 0.3) is 10.2 Å².